The van der Waals surface area contributed by atoms with Gasteiger partial charge in [0.25, 0.3) is 0 Å². The van der Waals surface area contributed by atoms with Gasteiger partial charge >= 0.3 is 0 Å². The number of hydrogen-bond acceptors (Lipinski definition) is 2. The van der Waals surface area contributed by atoms with Gasteiger partial charge in [0.15, 0.2) is 0 Å². The van der Waals surface area contributed by atoms with E-state index in [1.165, 1.54) is 0 Å². The van der Waals surface area contributed by atoms with Crippen LogP contribution in [0.2, 0.25) is 0 Å². The Morgan fingerprint density at radius 1 is 1.27 bits per heavy atom. The van der Waals surface area contributed by atoms with Gasteiger partial charge in [-0.2, -0.15) is 0 Å². The molecule has 3 N–H and O–H groups in total. The molecule has 0 amide bonds. The van der Waals surface area contributed by atoms with E-state index in [-0.39, 0.29) is 5.76 Å². The highest BCUT2D eigenvalue weighted by Crippen LogP contribution is 2.11. The molecule has 0 heterocycles. The Morgan fingerprint density at radius 2 is 1.82 bits per heavy atom. The van der Waals surface area contributed by atoms with Crippen LogP contribution in [0, 0.1) is 0 Å². The van der Waals surface area contributed by atoms with Crippen molar-refractivity contribution in [2.75, 3.05) is 0 Å². The number of nitrogens with two attached hydrogens (primary N) is 1. The maximum Gasteiger partial charge on any atom is 0.141 e. The standard InChI is InChI=1S/C9H11NO/c1-7(10)9(11)8-5-3-2-4-6-8/h2-6,11H,10H2,1H3/b9-7-. The fourth-order valence-corrected chi connectivity index (χ4v) is 0.824. The molecule has 0 aromatic heterocycles. The second-order valence-electron chi connectivity index (χ2n) is 2.40. The fraction of sp³-hybridized carbons (Fsp3) is 0.111. The number of hydrogen-bond donors (Lipinski definition) is 2. The molecule has 0 unspecified atom stereocenters. The largest absolute Gasteiger partial charge is 0.506 e. The molecule has 0 radical (unpaired) electrons. The molecule has 0 spiro atoms. The molecule has 2 heteroatoms. The summed E-state index contributed by atoms with van der Waals surface area (Å²) in [6.07, 6.45) is 0. The predicted octanol–water partition coefficient (Wildman–Crippen LogP) is 1.89. The Hall–Kier alpha value is -1.44. The molecular weight excluding hydrogens is 138 g/mol. The molecule has 0 aliphatic heterocycles. The minimum Gasteiger partial charge on any atom is -0.506 e. The smallest absolute Gasteiger partial charge is 0.141 e. The van der Waals surface area contributed by atoms with Crippen molar-refractivity contribution in [2.45, 2.75) is 6.92 Å². The van der Waals surface area contributed by atoms with E-state index in [2.05, 4.69) is 0 Å². The van der Waals surface area contributed by atoms with Crippen molar-refractivity contribution in [3.8, 4) is 0 Å². The van der Waals surface area contributed by atoms with E-state index in [4.69, 9.17) is 5.73 Å². The molecular formula is C9H11NO. The second-order valence-corrected chi connectivity index (χ2v) is 2.40. The predicted molar refractivity (Wildman–Crippen MR) is 45.9 cm³/mol. The normalized spacial score (nSPS) is 12.5. The van der Waals surface area contributed by atoms with E-state index in [1.54, 1.807) is 6.92 Å². The average molecular weight is 149 g/mol. The van der Waals surface area contributed by atoms with Gasteiger partial charge in [-0.25, -0.2) is 0 Å². The van der Waals surface area contributed by atoms with Crippen LogP contribution in [0.15, 0.2) is 36.0 Å². The Kier molecular flexibility index (Phi) is 2.16. The highest BCUT2D eigenvalue weighted by molar-refractivity contribution is 5.60. The third-order valence-electron chi connectivity index (χ3n) is 1.42. The van der Waals surface area contributed by atoms with Gasteiger partial charge in [-0.3, -0.25) is 0 Å². The monoisotopic (exact) mass is 149 g/mol. The summed E-state index contributed by atoms with van der Waals surface area (Å²) in [4.78, 5) is 0. The molecule has 1 rings (SSSR count). The first-order valence-electron chi connectivity index (χ1n) is 3.42. The minimum atomic E-state index is 0.158. The summed E-state index contributed by atoms with van der Waals surface area (Å²) >= 11 is 0. The van der Waals surface area contributed by atoms with E-state index in [0.717, 1.165) is 5.56 Å². The maximum absolute atomic E-state index is 9.35. The molecule has 0 saturated carbocycles. The van der Waals surface area contributed by atoms with Crippen molar-refractivity contribution < 1.29 is 5.11 Å². The van der Waals surface area contributed by atoms with Crippen molar-refractivity contribution in [2.24, 2.45) is 5.73 Å². The average Bonchev–Trinajstić information content (AvgIpc) is 2.05. The van der Waals surface area contributed by atoms with Crippen molar-refractivity contribution in [3.63, 3.8) is 0 Å². The van der Waals surface area contributed by atoms with Gasteiger partial charge in [-0.15, -0.1) is 0 Å². The first-order chi connectivity index (χ1) is 5.22. The number of rotatable bonds is 1. The molecule has 1 aromatic carbocycles. The quantitative estimate of drug-likeness (QED) is 0.599. The van der Waals surface area contributed by atoms with Gasteiger partial charge in [-0.05, 0) is 6.92 Å². The van der Waals surface area contributed by atoms with Crippen LogP contribution in [0.1, 0.15) is 12.5 Å². The molecule has 11 heavy (non-hydrogen) atoms. The van der Waals surface area contributed by atoms with E-state index < -0.39 is 0 Å². The van der Waals surface area contributed by atoms with Gasteiger partial charge < -0.3 is 10.8 Å². The van der Waals surface area contributed by atoms with E-state index in [1.807, 2.05) is 30.3 Å². The minimum absolute atomic E-state index is 0.158. The van der Waals surface area contributed by atoms with E-state index >= 15 is 0 Å². The number of aliphatic hydroxyl groups excluding tert-OH is 1. The summed E-state index contributed by atoms with van der Waals surface area (Å²) < 4.78 is 0. The molecule has 0 atom stereocenters. The van der Waals surface area contributed by atoms with Crippen LogP contribution in [0.25, 0.3) is 5.76 Å². The molecule has 2 nitrogen and oxygen atoms in total. The molecule has 58 valence electrons. The third kappa shape index (κ3) is 1.74. The zero-order valence-corrected chi connectivity index (χ0v) is 6.41. The molecule has 0 bridgehead atoms. The van der Waals surface area contributed by atoms with Crippen molar-refractivity contribution in [3.05, 3.63) is 41.6 Å². The lowest BCUT2D eigenvalue weighted by Crippen LogP contribution is -1.96. The lowest BCUT2D eigenvalue weighted by Gasteiger charge is -2.00. The van der Waals surface area contributed by atoms with Crippen LogP contribution >= 0.6 is 0 Å². The van der Waals surface area contributed by atoms with Crippen LogP contribution in [0.4, 0.5) is 0 Å². The van der Waals surface area contributed by atoms with E-state index in [9.17, 15) is 5.11 Å². The van der Waals surface area contributed by atoms with Gasteiger partial charge in [-0.1, -0.05) is 30.3 Å². The first-order valence-corrected chi connectivity index (χ1v) is 3.42. The second kappa shape index (κ2) is 3.10. The summed E-state index contributed by atoms with van der Waals surface area (Å²) in [5.74, 6) is 0.158. The van der Waals surface area contributed by atoms with Gasteiger partial charge in [0.05, 0.1) is 0 Å². The third-order valence-corrected chi connectivity index (χ3v) is 1.42. The van der Waals surface area contributed by atoms with Crippen LogP contribution in [0.5, 0.6) is 0 Å². The Labute approximate surface area is 66.0 Å². The zero-order valence-electron chi connectivity index (χ0n) is 6.41. The summed E-state index contributed by atoms with van der Waals surface area (Å²) in [6, 6.07) is 9.23. The lowest BCUT2D eigenvalue weighted by atomic mass is 10.2. The summed E-state index contributed by atoms with van der Waals surface area (Å²) in [7, 11) is 0. The van der Waals surface area contributed by atoms with Gasteiger partial charge in [0.2, 0.25) is 0 Å². The van der Waals surface area contributed by atoms with E-state index in [0.29, 0.717) is 5.70 Å². The maximum atomic E-state index is 9.35. The highest BCUT2D eigenvalue weighted by Gasteiger charge is 1.97. The number of aliphatic hydroxyl groups is 1. The zero-order chi connectivity index (χ0) is 8.27. The van der Waals surface area contributed by atoms with Crippen molar-refractivity contribution in [1.29, 1.82) is 0 Å². The van der Waals surface area contributed by atoms with Crippen LogP contribution < -0.4 is 5.73 Å². The molecule has 1 aromatic rings. The lowest BCUT2D eigenvalue weighted by molar-refractivity contribution is 0.505. The summed E-state index contributed by atoms with van der Waals surface area (Å²) in [5.41, 5.74) is 6.60. The fourth-order valence-electron chi connectivity index (χ4n) is 0.824. The molecule has 0 aliphatic carbocycles. The highest BCUT2D eigenvalue weighted by atomic mass is 16.3. The molecule has 0 aliphatic rings. The Bertz CT molecular complexity index is 260. The number of allylic oxidation sites excluding steroid dienone is 1. The Balaban J connectivity index is 3.04. The van der Waals surface area contributed by atoms with Crippen LogP contribution in [0.3, 0.4) is 0 Å². The SMILES string of the molecule is C/C(N)=C(/O)c1ccccc1. The summed E-state index contributed by atoms with van der Waals surface area (Å²) in [5, 5.41) is 9.35. The number of benzene rings is 1. The molecule has 0 saturated heterocycles. The van der Waals surface area contributed by atoms with Crippen LogP contribution in [-0.4, -0.2) is 5.11 Å². The van der Waals surface area contributed by atoms with Gasteiger partial charge in [0.1, 0.15) is 5.76 Å². The Morgan fingerprint density at radius 3 is 2.27 bits per heavy atom. The van der Waals surface area contributed by atoms with Crippen molar-refractivity contribution >= 4 is 5.76 Å². The first kappa shape index (κ1) is 7.66. The van der Waals surface area contributed by atoms with Gasteiger partial charge in [0, 0.05) is 11.3 Å². The molecule has 0 fully saturated rings. The van der Waals surface area contributed by atoms with Crippen molar-refractivity contribution in [1.82, 2.24) is 0 Å². The topological polar surface area (TPSA) is 46.2 Å². The van der Waals surface area contributed by atoms with Crippen LogP contribution in [-0.2, 0) is 0 Å². The summed E-state index contributed by atoms with van der Waals surface area (Å²) in [6.45, 7) is 1.67.